The molecule has 0 saturated carbocycles. The molecule has 0 aliphatic heterocycles. The maximum absolute atomic E-state index is 12.9. The van der Waals surface area contributed by atoms with Gasteiger partial charge < -0.3 is 5.32 Å². The Balaban J connectivity index is 2.17. The Hall–Kier alpha value is -2.69. The van der Waals surface area contributed by atoms with Crippen LogP contribution >= 0.6 is 0 Å². The van der Waals surface area contributed by atoms with Gasteiger partial charge in [0.05, 0.1) is 23.0 Å². The summed E-state index contributed by atoms with van der Waals surface area (Å²) >= 11 is 0. The molecule has 0 spiro atoms. The van der Waals surface area contributed by atoms with Crippen LogP contribution in [0.4, 0.5) is 0 Å². The number of carbonyl (C=O) groups excluding carboxylic acids is 1. The van der Waals surface area contributed by atoms with Crippen molar-refractivity contribution in [2.24, 2.45) is 5.92 Å². The van der Waals surface area contributed by atoms with Gasteiger partial charge in [0.25, 0.3) is 0 Å². The SMILES string of the molecule is CC(C)C(NC(=O)CN(C)S(=O)(=O)c1ccccc1C#N)c1ccc(C(C)(C)C)cc1. The minimum absolute atomic E-state index is 0.0336. The van der Waals surface area contributed by atoms with E-state index in [4.69, 9.17) is 0 Å². The average molecular weight is 442 g/mol. The molecule has 0 fully saturated rings. The number of sulfonamides is 1. The summed E-state index contributed by atoms with van der Waals surface area (Å²) in [6.07, 6.45) is 0. The van der Waals surface area contributed by atoms with Gasteiger partial charge >= 0.3 is 0 Å². The van der Waals surface area contributed by atoms with Gasteiger partial charge in [-0.2, -0.15) is 9.57 Å². The Kier molecular flexibility index (Phi) is 7.63. The lowest BCUT2D eigenvalue weighted by Crippen LogP contribution is -2.41. The third kappa shape index (κ3) is 5.93. The minimum atomic E-state index is -3.97. The Morgan fingerprint density at radius 2 is 1.68 bits per heavy atom. The van der Waals surface area contributed by atoms with E-state index in [1.807, 2.05) is 32.0 Å². The Morgan fingerprint density at radius 1 is 1.10 bits per heavy atom. The molecule has 1 unspecified atom stereocenters. The van der Waals surface area contributed by atoms with Crippen molar-refractivity contribution < 1.29 is 13.2 Å². The molecule has 1 atom stereocenters. The molecule has 0 radical (unpaired) electrons. The standard InChI is InChI=1S/C24H31N3O3S/c1-17(2)23(18-11-13-20(14-12-18)24(3,4)5)26-22(28)16-27(6)31(29,30)21-10-8-7-9-19(21)15-25/h7-14,17,23H,16H2,1-6H3,(H,26,28). The van der Waals surface area contributed by atoms with Gasteiger partial charge in [-0.25, -0.2) is 8.42 Å². The molecule has 31 heavy (non-hydrogen) atoms. The van der Waals surface area contributed by atoms with E-state index in [0.29, 0.717) is 0 Å². The monoisotopic (exact) mass is 441 g/mol. The molecule has 0 aliphatic rings. The number of benzene rings is 2. The zero-order valence-electron chi connectivity index (χ0n) is 19.0. The summed E-state index contributed by atoms with van der Waals surface area (Å²) in [7, 11) is -2.63. The summed E-state index contributed by atoms with van der Waals surface area (Å²) < 4.78 is 26.7. The minimum Gasteiger partial charge on any atom is -0.348 e. The number of hydrogen-bond acceptors (Lipinski definition) is 4. The van der Waals surface area contributed by atoms with Crippen molar-refractivity contribution in [3.8, 4) is 6.07 Å². The summed E-state index contributed by atoms with van der Waals surface area (Å²) in [6, 6.07) is 15.7. The maximum atomic E-state index is 12.9. The van der Waals surface area contributed by atoms with E-state index < -0.39 is 15.9 Å². The van der Waals surface area contributed by atoms with Crippen molar-refractivity contribution in [1.29, 1.82) is 5.26 Å². The second-order valence-corrected chi connectivity index (χ2v) is 11.0. The fraction of sp³-hybridized carbons (Fsp3) is 0.417. The first-order chi connectivity index (χ1) is 14.4. The summed E-state index contributed by atoms with van der Waals surface area (Å²) in [4.78, 5) is 12.6. The molecule has 2 rings (SSSR count). The van der Waals surface area contributed by atoms with Crippen LogP contribution in [0, 0.1) is 17.2 Å². The fourth-order valence-electron chi connectivity index (χ4n) is 3.28. The van der Waals surface area contributed by atoms with Crippen LogP contribution in [0.25, 0.3) is 0 Å². The van der Waals surface area contributed by atoms with Crippen molar-refractivity contribution >= 4 is 15.9 Å². The zero-order valence-corrected chi connectivity index (χ0v) is 19.8. The van der Waals surface area contributed by atoms with Crippen LogP contribution in [0.15, 0.2) is 53.4 Å². The molecule has 2 aromatic carbocycles. The molecular formula is C24H31N3O3S. The molecule has 0 aliphatic carbocycles. The van der Waals surface area contributed by atoms with E-state index >= 15 is 0 Å². The predicted octanol–water partition coefficient (Wildman–Crippen LogP) is 3.99. The molecule has 0 heterocycles. The second kappa shape index (κ2) is 9.63. The molecule has 166 valence electrons. The number of likely N-dealkylation sites (N-methyl/N-ethyl adjacent to an activating group) is 1. The van der Waals surface area contributed by atoms with Gasteiger partial charge in [0.15, 0.2) is 0 Å². The van der Waals surface area contributed by atoms with Crippen LogP contribution in [-0.4, -0.2) is 32.2 Å². The van der Waals surface area contributed by atoms with Crippen molar-refractivity contribution in [3.63, 3.8) is 0 Å². The third-order valence-corrected chi connectivity index (χ3v) is 7.04. The van der Waals surface area contributed by atoms with E-state index in [-0.39, 0.29) is 34.4 Å². The van der Waals surface area contributed by atoms with Crippen molar-refractivity contribution in [2.75, 3.05) is 13.6 Å². The van der Waals surface area contributed by atoms with Crippen LogP contribution in [0.2, 0.25) is 0 Å². The molecule has 6 nitrogen and oxygen atoms in total. The highest BCUT2D eigenvalue weighted by Crippen LogP contribution is 2.27. The fourth-order valence-corrected chi connectivity index (χ4v) is 4.55. The summed E-state index contributed by atoms with van der Waals surface area (Å²) in [5, 5.41) is 12.2. The Labute approximate surface area is 185 Å². The maximum Gasteiger partial charge on any atom is 0.244 e. The zero-order chi connectivity index (χ0) is 23.4. The number of amides is 1. The van der Waals surface area contributed by atoms with Crippen molar-refractivity contribution in [3.05, 3.63) is 65.2 Å². The number of hydrogen-bond donors (Lipinski definition) is 1. The van der Waals surface area contributed by atoms with Crippen LogP contribution in [0.1, 0.15) is 57.4 Å². The summed E-state index contributed by atoms with van der Waals surface area (Å²) in [5.74, 6) is -0.287. The van der Waals surface area contributed by atoms with Crippen molar-refractivity contribution in [1.82, 2.24) is 9.62 Å². The normalized spacial score (nSPS) is 13.1. The molecule has 0 saturated heterocycles. The topological polar surface area (TPSA) is 90.3 Å². The average Bonchev–Trinajstić information content (AvgIpc) is 2.71. The highest BCUT2D eigenvalue weighted by atomic mass is 32.2. The van der Waals surface area contributed by atoms with Crippen molar-refractivity contribution in [2.45, 2.75) is 51.0 Å². The van der Waals surface area contributed by atoms with E-state index in [2.05, 4.69) is 38.2 Å². The molecule has 0 bridgehead atoms. The lowest BCUT2D eigenvalue weighted by Gasteiger charge is -2.26. The molecule has 2 aromatic rings. The first-order valence-electron chi connectivity index (χ1n) is 10.2. The van der Waals surface area contributed by atoms with Gasteiger partial charge in [0.1, 0.15) is 6.07 Å². The molecule has 1 amide bonds. The van der Waals surface area contributed by atoms with Gasteiger partial charge in [-0.05, 0) is 34.6 Å². The summed E-state index contributed by atoms with van der Waals surface area (Å²) in [6.45, 7) is 10.1. The number of nitrogens with one attached hydrogen (secondary N) is 1. The van der Waals surface area contributed by atoms with Crippen LogP contribution in [0.5, 0.6) is 0 Å². The molecule has 0 aromatic heterocycles. The lowest BCUT2D eigenvalue weighted by atomic mass is 9.85. The highest BCUT2D eigenvalue weighted by molar-refractivity contribution is 7.89. The lowest BCUT2D eigenvalue weighted by molar-refractivity contribution is -0.122. The van der Waals surface area contributed by atoms with E-state index in [0.717, 1.165) is 9.87 Å². The predicted molar refractivity (Wildman–Crippen MR) is 122 cm³/mol. The largest absolute Gasteiger partial charge is 0.348 e. The van der Waals surface area contributed by atoms with E-state index in [1.54, 1.807) is 12.1 Å². The number of rotatable bonds is 7. The second-order valence-electron chi connectivity index (χ2n) is 9.03. The molecule has 1 N–H and O–H groups in total. The smallest absolute Gasteiger partial charge is 0.244 e. The van der Waals surface area contributed by atoms with Gasteiger partial charge in [-0.1, -0.05) is 71.0 Å². The van der Waals surface area contributed by atoms with Gasteiger partial charge in [0.2, 0.25) is 15.9 Å². The van der Waals surface area contributed by atoms with Crippen LogP contribution < -0.4 is 5.32 Å². The van der Waals surface area contributed by atoms with E-state index in [9.17, 15) is 18.5 Å². The number of carbonyl (C=O) groups is 1. The van der Waals surface area contributed by atoms with E-state index in [1.165, 1.54) is 24.7 Å². The van der Waals surface area contributed by atoms with Gasteiger partial charge in [-0.15, -0.1) is 0 Å². The number of nitrogens with zero attached hydrogens (tertiary/aromatic N) is 2. The summed E-state index contributed by atoms with van der Waals surface area (Å²) in [5.41, 5.74) is 2.25. The van der Waals surface area contributed by atoms with Crippen LogP contribution in [-0.2, 0) is 20.2 Å². The quantitative estimate of drug-likeness (QED) is 0.703. The highest BCUT2D eigenvalue weighted by Gasteiger charge is 2.27. The van der Waals surface area contributed by atoms with Gasteiger partial charge in [-0.3, -0.25) is 4.79 Å². The Bertz CT molecular complexity index is 1060. The number of nitriles is 1. The first-order valence-corrected chi connectivity index (χ1v) is 11.7. The van der Waals surface area contributed by atoms with Gasteiger partial charge in [0, 0.05) is 7.05 Å². The van der Waals surface area contributed by atoms with Crippen LogP contribution in [0.3, 0.4) is 0 Å². The Morgan fingerprint density at radius 3 is 2.19 bits per heavy atom. The molecule has 7 heteroatoms. The first kappa shape index (κ1) is 24.6. The third-order valence-electron chi connectivity index (χ3n) is 5.18. The molecular weight excluding hydrogens is 410 g/mol.